The Kier molecular flexibility index (Phi) is 2.91. The Bertz CT molecular complexity index is 595. The number of oxazole rings is 1. The number of aryl methyl sites for hydroxylation is 1. The predicted octanol–water partition coefficient (Wildman–Crippen LogP) is 1.95. The van der Waals surface area contributed by atoms with Crippen molar-refractivity contribution in [3.05, 3.63) is 30.0 Å². The number of benzene rings is 1. The summed E-state index contributed by atoms with van der Waals surface area (Å²) in [6, 6.07) is 3.59. The second-order valence-electron chi connectivity index (χ2n) is 4.30. The zero-order chi connectivity index (χ0) is 13.2. The first-order valence-corrected chi connectivity index (χ1v) is 6.06. The molecule has 0 aliphatic carbocycles. The summed E-state index contributed by atoms with van der Waals surface area (Å²) in [7, 11) is 0. The number of nitrogens with zero attached hydrogens (tertiary/aromatic N) is 1. The van der Waals surface area contributed by atoms with E-state index in [1.54, 1.807) is 12.3 Å². The Labute approximate surface area is 110 Å². The minimum atomic E-state index is 0.470. The van der Waals surface area contributed by atoms with E-state index in [9.17, 15) is 0 Å². The largest absolute Gasteiger partial charge is 0.486 e. The fourth-order valence-electron chi connectivity index (χ4n) is 1.91. The standard InChI is InChI=1S/C13H15N3O3/c1-8-6-16-13(19-8)7-15-10-5-12-11(4-9(10)14)17-2-3-18-12/h4-6,15H,2-3,7,14H2,1H3. The van der Waals surface area contributed by atoms with Gasteiger partial charge in [-0.25, -0.2) is 4.98 Å². The second kappa shape index (κ2) is 4.72. The molecule has 0 atom stereocenters. The minimum absolute atomic E-state index is 0.470. The van der Waals surface area contributed by atoms with Crippen molar-refractivity contribution in [3.8, 4) is 11.5 Å². The zero-order valence-corrected chi connectivity index (χ0v) is 10.6. The van der Waals surface area contributed by atoms with Gasteiger partial charge in [0.15, 0.2) is 11.5 Å². The van der Waals surface area contributed by atoms with Gasteiger partial charge in [-0.15, -0.1) is 0 Å². The van der Waals surface area contributed by atoms with Gasteiger partial charge in [0.2, 0.25) is 5.89 Å². The lowest BCUT2D eigenvalue weighted by Gasteiger charge is -2.20. The molecular formula is C13H15N3O3. The van der Waals surface area contributed by atoms with Gasteiger partial charge < -0.3 is 24.9 Å². The molecule has 0 saturated carbocycles. The third-order valence-corrected chi connectivity index (χ3v) is 2.81. The van der Waals surface area contributed by atoms with Crippen LogP contribution in [0.4, 0.5) is 11.4 Å². The van der Waals surface area contributed by atoms with Crippen molar-refractivity contribution in [1.29, 1.82) is 0 Å². The normalized spacial score (nSPS) is 13.3. The number of rotatable bonds is 3. The molecular weight excluding hydrogens is 246 g/mol. The van der Waals surface area contributed by atoms with Crippen molar-refractivity contribution in [2.75, 3.05) is 24.3 Å². The summed E-state index contributed by atoms with van der Waals surface area (Å²) >= 11 is 0. The third kappa shape index (κ3) is 2.42. The van der Waals surface area contributed by atoms with Crippen molar-refractivity contribution in [1.82, 2.24) is 4.98 Å². The average Bonchev–Trinajstić information content (AvgIpc) is 2.82. The van der Waals surface area contributed by atoms with Crippen LogP contribution in [-0.2, 0) is 6.54 Å². The van der Waals surface area contributed by atoms with E-state index < -0.39 is 0 Å². The maximum absolute atomic E-state index is 5.96. The molecule has 19 heavy (non-hydrogen) atoms. The first-order chi connectivity index (χ1) is 9.22. The lowest BCUT2D eigenvalue weighted by Crippen LogP contribution is -2.16. The van der Waals surface area contributed by atoms with Crippen LogP contribution >= 0.6 is 0 Å². The summed E-state index contributed by atoms with van der Waals surface area (Å²) in [4.78, 5) is 4.12. The molecule has 2 aromatic rings. The summed E-state index contributed by atoms with van der Waals surface area (Å²) in [5, 5.41) is 3.18. The number of nitrogen functional groups attached to an aromatic ring is 1. The van der Waals surface area contributed by atoms with Crippen molar-refractivity contribution < 1.29 is 13.9 Å². The molecule has 3 rings (SSSR count). The Balaban J connectivity index is 1.77. The van der Waals surface area contributed by atoms with Gasteiger partial charge in [-0.1, -0.05) is 0 Å². The summed E-state index contributed by atoms with van der Waals surface area (Å²) in [6.07, 6.45) is 1.68. The SMILES string of the molecule is Cc1cnc(CNc2cc3c(cc2N)OCCO3)o1. The predicted molar refractivity (Wildman–Crippen MR) is 70.4 cm³/mol. The number of anilines is 2. The van der Waals surface area contributed by atoms with Crippen LogP contribution in [0.2, 0.25) is 0 Å². The number of fused-ring (bicyclic) bond motifs is 1. The summed E-state index contributed by atoms with van der Waals surface area (Å²) < 4.78 is 16.4. The van der Waals surface area contributed by atoms with Crippen LogP contribution in [0.15, 0.2) is 22.7 Å². The molecule has 0 spiro atoms. The summed E-state index contributed by atoms with van der Waals surface area (Å²) in [6.45, 7) is 3.43. The van der Waals surface area contributed by atoms with Gasteiger partial charge >= 0.3 is 0 Å². The monoisotopic (exact) mass is 261 g/mol. The molecule has 100 valence electrons. The van der Waals surface area contributed by atoms with E-state index >= 15 is 0 Å². The number of hydrogen-bond acceptors (Lipinski definition) is 6. The van der Waals surface area contributed by atoms with E-state index in [4.69, 9.17) is 19.6 Å². The molecule has 1 aromatic carbocycles. The molecule has 1 aliphatic rings. The van der Waals surface area contributed by atoms with Gasteiger partial charge in [0.05, 0.1) is 24.1 Å². The molecule has 3 N–H and O–H groups in total. The van der Waals surface area contributed by atoms with Crippen LogP contribution in [-0.4, -0.2) is 18.2 Å². The fraction of sp³-hybridized carbons (Fsp3) is 0.308. The molecule has 1 aliphatic heterocycles. The molecule has 0 saturated heterocycles. The van der Waals surface area contributed by atoms with Crippen LogP contribution in [0.1, 0.15) is 11.7 Å². The lowest BCUT2D eigenvalue weighted by molar-refractivity contribution is 0.172. The second-order valence-corrected chi connectivity index (χ2v) is 4.30. The molecule has 1 aromatic heterocycles. The van der Waals surface area contributed by atoms with Crippen molar-refractivity contribution in [3.63, 3.8) is 0 Å². The van der Waals surface area contributed by atoms with Crippen molar-refractivity contribution in [2.24, 2.45) is 0 Å². The molecule has 0 radical (unpaired) electrons. The highest BCUT2D eigenvalue weighted by molar-refractivity contribution is 5.72. The first kappa shape index (κ1) is 11.7. The molecule has 2 heterocycles. The smallest absolute Gasteiger partial charge is 0.213 e. The third-order valence-electron chi connectivity index (χ3n) is 2.81. The lowest BCUT2D eigenvalue weighted by atomic mass is 10.2. The molecule has 6 nitrogen and oxygen atoms in total. The topological polar surface area (TPSA) is 82.5 Å². The molecule has 0 unspecified atom stereocenters. The summed E-state index contributed by atoms with van der Waals surface area (Å²) in [5.41, 5.74) is 7.35. The van der Waals surface area contributed by atoms with E-state index in [1.807, 2.05) is 13.0 Å². The van der Waals surface area contributed by atoms with Crippen LogP contribution in [0.5, 0.6) is 11.5 Å². The number of ether oxygens (including phenoxy) is 2. The Morgan fingerprint density at radius 3 is 2.68 bits per heavy atom. The highest BCUT2D eigenvalue weighted by atomic mass is 16.6. The molecule has 6 heteroatoms. The fourth-order valence-corrected chi connectivity index (χ4v) is 1.91. The number of nitrogens with two attached hydrogens (primary N) is 1. The highest BCUT2D eigenvalue weighted by Crippen LogP contribution is 2.37. The average molecular weight is 261 g/mol. The number of hydrogen-bond donors (Lipinski definition) is 2. The van der Waals surface area contributed by atoms with Crippen molar-refractivity contribution in [2.45, 2.75) is 13.5 Å². The Hall–Kier alpha value is -2.37. The summed E-state index contributed by atoms with van der Waals surface area (Å²) in [5.74, 6) is 2.78. The van der Waals surface area contributed by atoms with Gasteiger partial charge in [-0.05, 0) is 6.92 Å². The van der Waals surface area contributed by atoms with Gasteiger partial charge in [0, 0.05) is 12.1 Å². The Morgan fingerprint density at radius 1 is 1.26 bits per heavy atom. The zero-order valence-electron chi connectivity index (χ0n) is 10.6. The molecule has 0 fully saturated rings. The van der Waals surface area contributed by atoms with Gasteiger partial charge in [-0.2, -0.15) is 0 Å². The van der Waals surface area contributed by atoms with Crippen LogP contribution in [0.25, 0.3) is 0 Å². The van der Waals surface area contributed by atoms with Crippen LogP contribution < -0.4 is 20.5 Å². The number of nitrogens with one attached hydrogen (secondary N) is 1. The van der Waals surface area contributed by atoms with E-state index in [1.165, 1.54) is 0 Å². The van der Waals surface area contributed by atoms with E-state index in [0.717, 1.165) is 11.4 Å². The van der Waals surface area contributed by atoms with Gasteiger partial charge in [0.1, 0.15) is 19.0 Å². The number of aromatic nitrogens is 1. The van der Waals surface area contributed by atoms with E-state index in [0.29, 0.717) is 42.8 Å². The Morgan fingerprint density at radius 2 is 2.00 bits per heavy atom. The van der Waals surface area contributed by atoms with Crippen molar-refractivity contribution >= 4 is 11.4 Å². The van der Waals surface area contributed by atoms with E-state index in [2.05, 4.69) is 10.3 Å². The van der Waals surface area contributed by atoms with Gasteiger partial charge in [-0.3, -0.25) is 0 Å². The quantitative estimate of drug-likeness (QED) is 0.822. The maximum atomic E-state index is 5.96. The first-order valence-electron chi connectivity index (χ1n) is 6.06. The van der Waals surface area contributed by atoms with Crippen LogP contribution in [0, 0.1) is 6.92 Å². The van der Waals surface area contributed by atoms with Gasteiger partial charge in [0.25, 0.3) is 0 Å². The van der Waals surface area contributed by atoms with E-state index in [-0.39, 0.29) is 0 Å². The highest BCUT2D eigenvalue weighted by Gasteiger charge is 2.14. The molecule has 0 bridgehead atoms. The molecule has 0 amide bonds. The maximum Gasteiger partial charge on any atom is 0.213 e. The van der Waals surface area contributed by atoms with Crippen LogP contribution in [0.3, 0.4) is 0 Å². The minimum Gasteiger partial charge on any atom is -0.486 e.